The Labute approximate surface area is 110 Å². The molecule has 0 saturated carbocycles. The smallest absolute Gasteiger partial charge is 0.373 e. The molecular formula is C14H15NO4. The average Bonchev–Trinajstić information content (AvgIpc) is 2.83. The van der Waals surface area contributed by atoms with Crippen LogP contribution in [0.25, 0.3) is 11.5 Å². The lowest BCUT2D eigenvalue weighted by molar-refractivity contribution is 0.0656. The number of benzene rings is 1. The van der Waals surface area contributed by atoms with Crippen LogP contribution in [0.15, 0.2) is 28.7 Å². The van der Waals surface area contributed by atoms with E-state index in [9.17, 15) is 4.79 Å². The lowest BCUT2D eigenvalue weighted by Gasteiger charge is -2.02. The molecule has 0 bridgehead atoms. The molecule has 0 aliphatic heterocycles. The topological polar surface area (TPSA) is 72.6 Å². The zero-order valence-corrected chi connectivity index (χ0v) is 10.8. The number of nitrogens with zero attached hydrogens (tertiary/aromatic N) is 1. The number of ether oxygens (including phenoxy) is 1. The number of carboxylic acid groups (broad SMARTS) is 1. The molecule has 0 spiro atoms. The molecule has 1 N–H and O–H groups in total. The van der Waals surface area contributed by atoms with Gasteiger partial charge in [0.25, 0.3) is 0 Å². The Morgan fingerprint density at radius 2 is 2.16 bits per heavy atom. The first-order valence-electron chi connectivity index (χ1n) is 5.97. The summed E-state index contributed by atoms with van der Waals surface area (Å²) in [6, 6.07) is 7.64. The van der Waals surface area contributed by atoms with E-state index in [-0.39, 0.29) is 12.4 Å². The number of oxazole rings is 1. The first-order chi connectivity index (χ1) is 9.17. The molecule has 0 radical (unpaired) electrons. The maximum absolute atomic E-state index is 11.1. The van der Waals surface area contributed by atoms with Gasteiger partial charge in [-0.1, -0.05) is 25.1 Å². The van der Waals surface area contributed by atoms with Crippen molar-refractivity contribution in [2.75, 3.05) is 7.11 Å². The number of rotatable bonds is 5. The zero-order valence-electron chi connectivity index (χ0n) is 10.8. The Morgan fingerprint density at radius 3 is 2.79 bits per heavy atom. The molecule has 0 atom stereocenters. The maximum Gasteiger partial charge on any atom is 0.373 e. The Hall–Kier alpha value is -2.14. The van der Waals surface area contributed by atoms with Crippen LogP contribution in [0, 0.1) is 0 Å². The van der Waals surface area contributed by atoms with Crippen LogP contribution in [0.1, 0.15) is 28.7 Å². The second-order valence-corrected chi connectivity index (χ2v) is 4.04. The van der Waals surface area contributed by atoms with E-state index in [0.717, 1.165) is 17.5 Å². The van der Waals surface area contributed by atoms with Crippen molar-refractivity contribution < 1.29 is 19.1 Å². The highest BCUT2D eigenvalue weighted by molar-refractivity contribution is 5.86. The van der Waals surface area contributed by atoms with Crippen molar-refractivity contribution in [2.24, 2.45) is 0 Å². The molecule has 0 fully saturated rings. The van der Waals surface area contributed by atoms with Crippen LogP contribution in [0.4, 0.5) is 0 Å². The molecule has 1 heterocycles. The van der Waals surface area contributed by atoms with Crippen LogP contribution >= 0.6 is 0 Å². The minimum atomic E-state index is -1.14. The number of aromatic carboxylic acids is 1. The van der Waals surface area contributed by atoms with E-state index in [1.54, 1.807) is 0 Å². The SMILES string of the molecule is CCc1ccccc1-c1nc(COC)c(C(=O)O)o1. The number of hydrogen-bond donors (Lipinski definition) is 1. The maximum atomic E-state index is 11.1. The van der Waals surface area contributed by atoms with Gasteiger partial charge in [0.05, 0.1) is 6.61 Å². The summed E-state index contributed by atoms with van der Waals surface area (Å²) >= 11 is 0. The molecule has 1 aromatic carbocycles. The van der Waals surface area contributed by atoms with Crippen molar-refractivity contribution in [3.05, 3.63) is 41.3 Å². The summed E-state index contributed by atoms with van der Waals surface area (Å²) in [5.74, 6) is -0.982. The summed E-state index contributed by atoms with van der Waals surface area (Å²) < 4.78 is 10.3. The van der Waals surface area contributed by atoms with Crippen molar-refractivity contribution in [1.82, 2.24) is 4.98 Å². The number of hydrogen-bond acceptors (Lipinski definition) is 4. The van der Waals surface area contributed by atoms with Gasteiger partial charge in [0.2, 0.25) is 11.7 Å². The Morgan fingerprint density at radius 1 is 1.42 bits per heavy atom. The second kappa shape index (κ2) is 5.67. The first kappa shape index (κ1) is 13.3. The predicted molar refractivity (Wildman–Crippen MR) is 69.0 cm³/mol. The monoisotopic (exact) mass is 261 g/mol. The number of aromatic nitrogens is 1. The van der Waals surface area contributed by atoms with Crippen LogP contribution in [0.3, 0.4) is 0 Å². The highest BCUT2D eigenvalue weighted by atomic mass is 16.5. The third-order valence-electron chi connectivity index (χ3n) is 2.80. The summed E-state index contributed by atoms with van der Waals surface area (Å²) in [4.78, 5) is 15.3. The molecule has 0 aliphatic carbocycles. The molecule has 5 heteroatoms. The number of aryl methyl sites for hydroxylation is 1. The second-order valence-electron chi connectivity index (χ2n) is 4.04. The fraction of sp³-hybridized carbons (Fsp3) is 0.286. The van der Waals surface area contributed by atoms with Crippen LogP contribution in [-0.4, -0.2) is 23.2 Å². The van der Waals surface area contributed by atoms with Gasteiger partial charge in [0.1, 0.15) is 5.69 Å². The molecule has 100 valence electrons. The minimum absolute atomic E-state index is 0.111. The first-order valence-corrected chi connectivity index (χ1v) is 5.97. The van der Waals surface area contributed by atoms with E-state index in [0.29, 0.717) is 11.6 Å². The highest BCUT2D eigenvalue weighted by Crippen LogP contribution is 2.26. The van der Waals surface area contributed by atoms with Gasteiger partial charge < -0.3 is 14.3 Å². The van der Waals surface area contributed by atoms with E-state index in [1.165, 1.54) is 7.11 Å². The van der Waals surface area contributed by atoms with Crippen molar-refractivity contribution in [2.45, 2.75) is 20.0 Å². The van der Waals surface area contributed by atoms with Gasteiger partial charge in [0.15, 0.2) is 0 Å². The molecule has 0 amide bonds. The molecule has 2 rings (SSSR count). The Balaban J connectivity index is 2.51. The molecule has 5 nitrogen and oxygen atoms in total. The normalized spacial score (nSPS) is 10.6. The fourth-order valence-electron chi connectivity index (χ4n) is 1.91. The third-order valence-corrected chi connectivity index (χ3v) is 2.80. The summed E-state index contributed by atoms with van der Waals surface area (Å²) in [6.45, 7) is 2.13. The van der Waals surface area contributed by atoms with Crippen molar-refractivity contribution >= 4 is 5.97 Å². The van der Waals surface area contributed by atoms with Crippen molar-refractivity contribution in [3.63, 3.8) is 0 Å². The van der Waals surface area contributed by atoms with E-state index >= 15 is 0 Å². The quantitative estimate of drug-likeness (QED) is 0.895. The molecule has 0 aliphatic rings. The van der Waals surface area contributed by atoms with Crippen LogP contribution < -0.4 is 0 Å². The lowest BCUT2D eigenvalue weighted by atomic mass is 10.1. The van der Waals surface area contributed by atoms with E-state index in [4.69, 9.17) is 14.3 Å². The van der Waals surface area contributed by atoms with Crippen molar-refractivity contribution in [3.8, 4) is 11.5 Å². The predicted octanol–water partition coefficient (Wildman–Crippen LogP) is 2.75. The van der Waals surface area contributed by atoms with Crippen LogP contribution in [-0.2, 0) is 17.8 Å². The zero-order chi connectivity index (χ0) is 13.8. The number of carbonyl (C=O) groups is 1. The highest BCUT2D eigenvalue weighted by Gasteiger charge is 2.21. The molecule has 2 aromatic rings. The Bertz CT molecular complexity index is 589. The van der Waals surface area contributed by atoms with Gasteiger partial charge in [-0.05, 0) is 18.1 Å². The number of methoxy groups -OCH3 is 1. The molecule has 0 unspecified atom stereocenters. The summed E-state index contributed by atoms with van der Waals surface area (Å²) in [5, 5.41) is 9.09. The lowest BCUT2D eigenvalue weighted by Crippen LogP contribution is -2.00. The van der Waals surface area contributed by atoms with Gasteiger partial charge >= 0.3 is 5.97 Å². The third kappa shape index (κ3) is 2.66. The molecule has 0 saturated heterocycles. The minimum Gasteiger partial charge on any atom is -0.475 e. The van der Waals surface area contributed by atoms with Crippen molar-refractivity contribution in [1.29, 1.82) is 0 Å². The average molecular weight is 261 g/mol. The summed E-state index contributed by atoms with van der Waals surface area (Å²) in [6.07, 6.45) is 0.820. The van der Waals surface area contributed by atoms with Gasteiger partial charge in [0, 0.05) is 12.7 Å². The Kier molecular flexibility index (Phi) is 3.97. The molecule has 1 aromatic heterocycles. The summed E-state index contributed by atoms with van der Waals surface area (Å²) in [7, 11) is 1.49. The van der Waals surface area contributed by atoms with E-state index < -0.39 is 5.97 Å². The fourth-order valence-corrected chi connectivity index (χ4v) is 1.91. The molecule has 19 heavy (non-hydrogen) atoms. The standard InChI is InChI=1S/C14H15NO4/c1-3-9-6-4-5-7-10(9)13-15-11(8-18-2)12(19-13)14(16)17/h4-7H,3,8H2,1-2H3,(H,16,17). The van der Waals surface area contributed by atoms with Gasteiger partial charge in [-0.2, -0.15) is 0 Å². The van der Waals surface area contributed by atoms with Gasteiger partial charge in [-0.3, -0.25) is 0 Å². The van der Waals surface area contributed by atoms with E-state index in [2.05, 4.69) is 4.98 Å². The van der Waals surface area contributed by atoms with Crippen LogP contribution in [0.5, 0.6) is 0 Å². The molecular weight excluding hydrogens is 246 g/mol. The van der Waals surface area contributed by atoms with Crippen LogP contribution in [0.2, 0.25) is 0 Å². The van der Waals surface area contributed by atoms with E-state index in [1.807, 2.05) is 31.2 Å². The van der Waals surface area contributed by atoms with Gasteiger partial charge in [-0.15, -0.1) is 0 Å². The van der Waals surface area contributed by atoms with Gasteiger partial charge in [-0.25, -0.2) is 9.78 Å². The summed E-state index contributed by atoms with van der Waals surface area (Å²) in [5.41, 5.74) is 2.18. The largest absolute Gasteiger partial charge is 0.475 e. The number of carboxylic acids is 1.